The number of carbonyl (C=O) groups excluding carboxylic acids is 1. The summed E-state index contributed by atoms with van der Waals surface area (Å²) >= 11 is 0. The number of nitriles is 1. The molecule has 0 aliphatic carbocycles. The highest BCUT2D eigenvalue weighted by atomic mass is 16.6. The first-order chi connectivity index (χ1) is 13.1. The lowest BCUT2D eigenvalue weighted by Crippen LogP contribution is -2.05. The molecule has 0 atom stereocenters. The molecule has 0 heterocycles. The van der Waals surface area contributed by atoms with Crippen LogP contribution in [0.3, 0.4) is 0 Å². The van der Waals surface area contributed by atoms with E-state index in [2.05, 4.69) is 0 Å². The van der Waals surface area contributed by atoms with Gasteiger partial charge in [0.1, 0.15) is 0 Å². The van der Waals surface area contributed by atoms with Crippen LogP contribution in [-0.2, 0) is 4.79 Å². The molecule has 0 amide bonds. The van der Waals surface area contributed by atoms with Crippen molar-refractivity contribution in [2.45, 2.75) is 0 Å². The molecule has 27 heavy (non-hydrogen) atoms. The number of ether oxygens (including phenoxy) is 5. The van der Waals surface area contributed by atoms with Gasteiger partial charge in [-0.15, -0.1) is 0 Å². The quantitative estimate of drug-likeness (QED) is 0.421. The Kier molecular flexibility index (Phi) is 6.67. The summed E-state index contributed by atoms with van der Waals surface area (Å²) < 4.78 is 26.2. The van der Waals surface area contributed by atoms with Crippen molar-refractivity contribution in [1.29, 1.82) is 5.26 Å². The van der Waals surface area contributed by atoms with Gasteiger partial charge >= 0.3 is 5.97 Å². The van der Waals surface area contributed by atoms with E-state index >= 15 is 0 Å². The monoisotopic (exact) mass is 369 g/mol. The average molecular weight is 369 g/mol. The standard InChI is InChI=1S/C20H19NO6/c1-23-16-11-14(12-21)5-7-15(16)27-19(22)8-6-13-9-17(24-2)20(26-4)18(10-13)25-3/h5-11H,1-4H3/b8-6+. The van der Waals surface area contributed by atoms with Crippen LogP contribution in [0.4, 0.5) is 0 Å². The van der Waals surface area contributed by atoms with Gasteiger partial charge in [0.15, 0.2) is 23.0 Å². The van der Waals surface area contributed by atoms with Gasteiger partial charge in [0, 0.05) is 12.1 Å². The predicted octanol–water partition coefficient (Wildman–Crippen LogP) is 3.21. The Labute approximate surface area is 157 Å². The Balaban J connectivity index is 2.21. The van der Waals surface area contributed by atoms with Crippen molar-refractivity contribution in [2.75, 3.05) is 28.4 Å². The van der Waals surface area contributed by atoms with Crippen LogP contribution in [0.25, 0.3) is 6.08 Å². The van der Waals surface area contributed by atoms with E-state index in [4.69, 9.17) is 28.9 Å². The molecule has 2 aromatic rings. The van der Waals surface area contributed by atoms with E-state index in [0.717, 1.165) is 0 Å². The molecule has 0 radical (unpaired) electrons. The molecular weight excluding hydrogens is 350 g/mol. The van der Waals surface area contributed by atoms with E-state index in [1.54, 1.807) is 18.2 Å². The van der Waals surface area contributed by atoms with Gasteiger partial charge in [-0.05, 0) is 35.9 Å². The molecule has 0 N–H and O–H groups in total. The fraction of sp³-hybridized carbons (Fsp3) is 0.200. The topological polar surface area (TPSA) is 87.0 Å². The van der Waals surface area contributed by atoms with Crippen LogP contribution >= 0.6 is 0 Å². The fourth-order valence-electron chi connectivity index (χ4n) is 2.33. The lowest BCUT2D eigenvalue weighted by atomic mass is 10.1. The first kappa shape index (κ1) is 19.7. The van der Waals surface area contributed by atoms with Gasteiger partial charge in [0.05, 0.1) is 40.1 Å². The molecule has 0 aromatic heterocycles. The van der Waals surface area contributed by atoms with Gasteiger partial charge in [0.25, 0.3) is 0 Å². The van der Waals surface area contributed by atoms with Crippen molar-refractivity contribution < 1.29 is 28.5 Å². The molecule has 0 spiro atoms. The Morgan fingerprint density at radius 3 is 2.04 bits per heavy atom. The molecule has 2 rings (SSSR count). The highest BCUT2D eigenvalue weighted by Gasteiger charge is 2.13. The summed E-state index contributed by atoms with van der Waals surface area (Å²) in [4.78, 5) is 12.1. The Hall–Kier alpha value is -3.66. The molecule has 7 heteroatoms. The van der Waals surface area contributed by atoms with Crippen LogP contribution in [0.15, 0.2) is 36.4 Å². The normalized spacial score (nSPS) is 10.2. The summed E-state index contributed by atoms with van der Waals surface area (Å²) in [7, 11) is 5.96. The molecule has 140 valence electrons. The third-order valence-electron chi connectivity index (χ3n) is 3.60. The van der Waals surface area contributed by atoms with Crippen molar-refractivity contribution in [3.63, 3.8) is 0 Å². The van der Waals surface area contributed by atoms with Crippen molar-refractivity contribution in [2.24, 2.45) is 0 Å². The molecule has 0 fully saturated rings. The smallest absolute Gasteiger partial charge is 0.336 e. The summed E-state index contributed by atoms with van der Waals surface area (Å²) in [6.45, 7) is 0. The van der Waals surface area contributed by atoms with E-state index in [9.17, 15) is 4.79 Å². The van der Waals surface area contributed by atoms with Gasteiger partial charge in [-0.25, -0.2) is 4.79 Å². The third-order valence-corrected chi connectivity index (χ3v) is 3.60. The number of esters is 1. The maximum Gasteiger partial charge on any atom is 0.336 e. The number of benzene rings is 2. The number of methoxy groups -OCH3 is 4. The van der Waals surface area contributed by atoms with Gasteiger partial charge in [0.2, 0.25) is 5.75 Å². The predicted molar refractivity (Wildman–Crippen MR) is 98.5 cm³/mol. The minimum Gasteiger partial charge on any atom is -0.493 e. The second-order valence-corrected chi connectivity index (χ2v) is 5.19. The minimum absolute atomic E-state index is 0.219. The second kappa shape index (κ2) is 9.15. The van der Waals surface area contributed by atoms with Crippen molar-refractivity contribution in [3.8, 4) is 34.8 Å². The zero-order valence-corrected chi connectivity index (χ0v) is 15.4. The molecule has 0 unspecified atom stereocenters. The second-order valence-electron chi connectivity index (χ2n) is 5.19. The van der Waals surface area contributed by atoms with E-state index in [0.29, 0.717) is 34.1 Å². The molecule has 0 bridgehead atoms. The zero-order valence-electron chi connectivity index (χ0n) is 15.4. The largest absolute Gasteiger partial charge is 0.493 e. The molecular formula is C20H19NO6. The van der Waals surface area contributed by atoms with Gasteiger partial charge in [-0.1, -0.05) is 0 Å². The maximum atomic E-state index is 12.1. The lowest BCUT2D eigenvalue weighted by molar-refractivity contribution is -0.129. The highest BCUT2D eigenvalue weighted by molar-refractivity contribution is 5.89. The summed E-state index contributed by atoms with van der Waals surface area (Å²) in [6.07, 6.45) is 2.82. The number of hydrogen-bond acceptors (Lipinski definition) is 7. The molecule has 0 aliphatic heterocycles. The van der Waals surface area contributed by atoms with Crippen molar-refractivity contribution >= 4 is 12.0 Å². The van der Waals surface area contributed by atoms with E-state index in [1.807, 2.05) is 6.07 Å². The number of carbonyl (C=O) groups is 1. The lowest BCUT2D eigenvalue weighted by Gasteiger charge is -2.12. The van der Waals surface area contributed by atoms with Gasteiger partial charge < -0.3 is 23.7 Å². The van der Waals surface area contributed by atoms with Crippen LogP contribution in [-0.4, -0.2) is 34.4 Å². The number of hydrogen-bond donors (Lipinski definition) is 0. The molecule has 2 aromatic carbocycles. The van der Waals surface area contributed by atoms with E-state index in [-0.39, 0.29) is 5.75 Å². The summed E-state index contributed by atoms with van der Waals surface area (Å²) in [6, 6.07) is 9.92. The highest BCUT2D eigenvalue weighted by Crippen LogP contribution is 2.38. The SMILES string of the molecule is COc1cc(C#N)ccc1OC(=O)/C=C/c1cc(OC)c(OC)c(OC)c1. The Bertz CT molecular complexity index is 873. The molecule has 0 aliphatic rings. The van der Waals surface area contributed by atoms with Crippen LogP contribution in [0, 0.1) is 11.3 Å². The third kappa shape index (κ3) is 4.70. The first-order valence-electron chi connectivity index (χ1n) is 7.84. The van der Waals surface area contributed by atoms with Crippen LogP contribution in [0.5, 0.6) is 28.7 Å². The van der Waals surface area contributed by atoms with Gasteiger partial charge in [-0.2, -0.15) is 5.26 Å². The van der Waals surface area contributed by atoms with Crippen molar-refractivity contribution in [3.05, 3.63) is 47.5 Å². The summed E-state index contributed by atoms with van der Waals surface area (Å²) in [5.41, 5.74) is 1.06. The number of rotatable bonds is 7. The zero-order chi connectivity index (χ0) is 19.8. The van der Waals surface area contributed by atoms with Crippen LogP contribution in [0.2, 0.25) is 0 Å². The van der Waals surface area contributed by atoms with Crippen molar-refractivity contribution in [1.82, 2.24) is 0 Å². The summed E-state index contributed by atoms with van der Waals surface area (Å²) in [5, 5.41) is 8.91. The molecule has 7 nitrogen and oxygen atoms in total. The maximum absolute atomic E-state index is 12.1. The average Bonchev–Trinajstić information content (AvgIpc) is 2.71. The van der Waals surface area contributed by atoms with Gasteiger partial charge in [-0.3, -0.25) is 0 Å². The minimum atomic E-state index is -0.605. The summed E-state index contributed by atoms with van der Waals surface area (Å²) in [5.74, 6) is 1.31. The first-order valence-corrected chi connectivity index (χ1v) is 7.84. The van der Waals surface area contributed by atoms with Crippen LogP contribution < -0.4 is 23.7 Å². The molecule has 0 saturated carbocycles. The molecule has 0 saturated heterocycles. The Morgan fingerprint density at radius 2 is 1.52 bits per heavy atom. The fourth-order valence-corrected chi connectivity index (χ4v) is 2.33. The Morgan fingerprint density at radius 1 is 0.889 bits per heavy atom. The van der Waals surface area contributed by atoms with E-state index < -0.39 is 5.97 Å². The number of nitrogens with zero attached hydrogens (tertiary/aromatic N) is 1. The van der Waals surface area contributed by atoms with Crippen LogP contribution in [0.1, 0.15) is 11.1 Å². The van der Waals surface area contributed by atoms with E-state index in [1.165, 1.54) is 52.7 Å².